The molecule has 2 saturated carbocycles. The minimum atomic E-state index is -0.666. The van der Waals surface area contributed by atoms with Crippen LogP contribution >= 0.6 is 0 Å². The lowest BCUT2D eigenvalue weighted by atomic mass is 9.79. The maximum atomic E-state index is 12.2. The second kappa shape index (κ2) is 7.61. The van der Waals surface area contributed by atoms with E-state index in [4.69, 9.17) is 20.6 Å². The molecule has 0 N–H and O–H groups in total. The maximum Gasteiger partial charge on any atom is 0.344 e. The van der Waals surface area contributed by atoms with Crippen molar-refractivity contribution < 1.29 is 28.6 Å². The van der Waals surface area contributed by atoms with Crippen LogP contribution in [0.5, 0.6) is 0 Å². The Balaban J connectivity index is 1.65. The van der Waals surface area contributed by atoms with E-state index < -0.39 is 36.2 Å². The van der Waals surface area contributed by atoms with Crippen molar-refractivity contribution in [3.8, 4) is 36.0 Å². The van der Waals surface area contributed by atoms with Gasteiger partial charge in [0.15, 0.2) is 6.61 Å². The Labute approximate surface area is 164 Å². The van der Waals surface area contributed by atoms with Crippen molar-refractivity contribution in [1.82, 2.24) is 0 Å². The highest BCUT2D eigenvalue weighted by molar-refractivity contribution is 5.80. The quantitative estimate of drug-likeness (QED) is 0.405. The molecule has 6 heteroatoms. The molecule has 0 radical (unpaired) electrons. The predicted octanol–water partition coefficient (Wildman–Crippen LogP) is 1.33. The fraction of sp³-hybridized carbons (Fsp3) is 0.591. The summed E-state index contributed by atoms with van der Waals surface area (Å²) < 4.78 is 16.1. The number of hydrogen-bond donors (Lipinski definition) is 0. The van der Waals surface area contributed by atoms with Crippen molar-refractivity contribution >= 4 is 17.9 Å². The summed E-state index contributed by atoms with van der Waals surface area (Å²) in [5.41, 5.74) is -0.666. The van der Waals surface area contributed by atoms with E-state index in [0.717, 1.165) is 0 Å². The zero-order valence-electron chi connectivity index (χ0n) is 16.1. The van der Waals surface area contributed by atoms with Crippen LogP contribution in [0.2, 0.25) is 0 Å². The van der Waals surface area contributed by atoms with E-state index in [1.54, 1.807) is 13.8 Å². The molecule has 1 saturated heterocycles. The monoisotopic (exact) mass is 382 g/mol. The normalized spacial score (nSPS) is 31.6. The van der Waals surface area contributed by atoms with Gasteiger partial charge >= 0.3 is 17.9 Å². The van der Waals surface area contributed by atoms with E-state index in [1.807, 2.05) is 6.92 Å². The van der Waals surface area contributed by atoms with Crippen molar-refractivity contribution in [2.24, 2.45) is 29.1 Å². The van der Waals surface area contributed by atoms with Gasteiger partial charge in [-0.25, -0.2) is 4.79 Å². The molecule has 3 fully saturated rings. The highest BCUT2D eigenvalue weighted by atomic mass is 16.6. The maximum absolute atomic E-state index is 12.2. The molecule has 146 valence electrons. The first kappa shape index (κ1) is 19.8. The van der Waals surface area contributed by atoms with Crippen molar-refractivity contribution in [3.05, 3.63) is 0 Å². The number of ether oxygens (including phenoxy) is 3. The number of rotatable bonds is 5. The van der Waals surface area contributed by atoms with E-state index in [-0.39, 0.29) is 29.6 Å². The lowest BCUT2D eigenvalue weighted by Gasteiger charge is -2.29. The number of carbonyl (C=O) groups excluding carboxylic acids is 3. The van der Waals surface area contributed by atoms with Crippen LogP contribution in [-0.4, -0.2) is 36.7 Å². The Hall–Kier alpha value is -2.91. The van der Waals surface area contributed by atoms with Crippen LogP contribution in [0.3, 0.4) is 0 Å². The van der Waals surface area contributed by atoms with Crippen LogP contribution in [0, 0.1) is 65.1 Å². The molecule has 3 aliphatic rings. The highest BCUT2D eigenvalue weighted by Gasteiger charge is 2.67. The van der Waals surface area contributed by atoms with Crippen LogP contribution in [0.4, 0.5) is 0 Å². The van der Waals surface area contributed by atoms with Crippen molar-refractivity contribution in [3.63, 3.8) is 0 Å². The van der Waals surface area contributed by atoms with Crippen molar-refractivity contribution in [2.75, 3.05) is 6.61 Å². The minimum absolute atomic E-state index is 0.0169. The molecule has 2 bridgehead atoms. The Kier molecular flexibility index (Phi) is 5.39. The Bertz CT molecular complexity index is 855. The molecule has 0 aromatic rings. The molecule has 0 amide bonds. The number of esters is 3. The molecule has 3 rings (SSSR count). The third kappa shape index (κ3) is 3.46. The van der Waals surface area contributed by atoms with E-state index >= 15 is 0 Å². The lowest BCUT2D eigenvalue weighted by Crippen LogP contribution is -2.41. The standard InChI is InChI=1S/C22H22O6/c1-5-7-8-9-10-13-14-11-15-17(13)20(24)28-19(15)18(14)27-16(23)12-26-21(25)22(3,4)6-2/h1,13-15,17-19H,6,11-12H2,2-4H3. The minimum Gasteiger partial charge on any atom is -0.458 e. The number of carbonyl (C=O) groups is 3. The molecular weight excluding hydrogens is 360 g/mol. The van der Waals surface area contributed by atoms with Gasteiger partial charge in [0.05, 0.1) is 11.3 Å². The number of hydrogen-bond acceptors (Lipinski definition) is 6. The summed E-state index contributed by atoms with van der Waals surface area (Å²) in [6.07, 6.45) is 5.32. The molecule has 0 aromatic carbocycles. The Morgan fingerprint density at radius 3 is 2.68 bits per heavy atom. The summed E-state index contributed by atoms with van der Waals surface area (Å²) in [5, 5.41) is 0. The summed E-state index contributed by atoms with van der Waals surface area (Å²) >= 11 is 0. The van der Waals surface area contributed by atoms with Gasteiger partial charge in [-0.1, -0.05) is 12.8 Å². The topological polar surface area (TPSA) is 78.9 Å². The summed E-state index contributed by atoms with van der Waals surface area (Å²) in [6, 6.07) is 0. The van der Waals surface area contributed by atoms with E-state index in [9.17, 15) is 14.4 Å². The van der Waals surface area contributed by atoms with Crippen molar-refractivity contribution in [1.29, 1.82) is 0 Å². The van der Waals surface area contributed by atoms with Crippen molar-refractivity contribution in [2.45, 2.75) is 45.8 Å². The van der Waals surface area contributed by atoms with Gasteiger partial charge in [0, 0.05) is 17.8 Å². The summed E-state index contributed by atoms with van der Waals surface area (Å²) in [5.74, 6) is 10.6. The molecular formula is C22H22O6. The Morgan fingerprint density at radius 1 is 1.25 bits per heavy atom. The van der Waals surface area contributed by atoms with Crippen LogP contribution in [0.25, 0.3) is 0 Å². The van der Waals surface area contributed by atoms with Gasteiger partial charge in [-0.2, -0.15) is 0 Å². The van der Waals surface area contributed by atoms with Crippen LogP contribution in [0.1, 0.15) is 33.6 Å². The van der Waals surface area contributed by atoms with E-state index in [0.29, 0.717) is 12.8 Å². The van der Waals surface area contributed by atoms with Gasteiger partial charge in [-0.15, -0.1) is 6.42 Å². The van der Waals surface area contributed by atoms with Gasteiger partial charge in [0.1, 0.15) is 12.2 Å². The van der Waals surface area contributed by atoms with Crippen LogP contribution < -0.4 is 0 Å². The van der Waals surface area contributed by atoms with Gasteiger partial charge in [-0.3, -0.25) is 9.59 Å². The van der Waals surface area contributed by atoms with Gasteiger partial charge in [0.25, 0.3) is 0 Å². The van der Waals surface area contributed by atoms with Gasteiger partial charge in [-0.05, 0) is 50.4 Å². The SMILES string of the molecule is C#CC#CC#CC1C2CC3C(OC(=O)C13)C2OC(=O)COC(=O)C(C)(C)CC. The van der Waals surface area contributed by atoms with Gasteiger partial charge < -0.3 is 14.2 Å². The molecule has 0 spiro atoms. The summed E-state index contributed by atoms with van der Waals surface area (Å²) in [7, 11) is 0. The third-order valence-corrected chi connectivity index (χ3v) is 6.01. The van der Waals surface area contributed by atoms with Crippen LogP contribution in [-0.2, 0) is 28.6 Å². The first-order valence-corrected chi connectivity index (χ1v) is 9.33. The molecule has 6 unspecified atom stereocenters. The number of fused-ring (bicyclic) bond motifs is 1. The average molecular weight is 382 g/mol. The molecule has 0 aromatic heterocycles. The smallest absolute Gasteiger partial charge is 0.344 e. The second-order valence-electron chi connectivity index (χ2n) is 7.95. The molecule has 6 atom stereocenters. The van der Waals surface area contributed by atoms with Crippen LogP contribution in [0.15, 0.2) is 0 Å². The molecule has 2 aliphatic carbocycles. The zero-order chi connectivity index (χ0) is 20.5. The molecule has 1 aliphatic heterocycles. The Morgan fingerprint density at radius 2 is 2.00 bits per heavy atom. The predicted molar refractivity (Wildman–Crippen MR) is 97.8 cm³/mol. The molecule has 6 nitrogen and oxygen atoms in total. The number of terminal acetylenes is 1. The average Bonchev–Trinajstić information content (AvgIpc) is 3.27. The largest absolute Gasteiger partial charge is 0.458 e. The molecule has 1 heterocycles. The summed E-state index contributed by atoms with van der Waals surface area (Å²) in [4.78, 5) is 36.5. The fourth-order valence-corrected chi connectivity index (χ4v) is 4.18. The fourth-order valence-electron chi connectivity index (χ4n) is 4.18. The first-order chi connectivity index (χ1) is 13.3. The second-order valence-corrected chi connectivity index (χ2v) is 7.95. The summed E-state index contributed by atoms with van der Waals surface area (Å²) in [6.45, 7) is 4.90. The first-order valence-electron chi connectivity index (χ1n) is 9.33. The third-order valence-electron chi connectivity index (χ3n) is 6.01. The zero-order valence-corrected chi connectivity index (χ0v) is 16.1. The van der Waals surface area contributed by atoms with Gasteiger partial charge in [0.2, 0.25) is 0 Å². The lowest BCUT2D eigenvalue weighted by molar-refractivity contribution is -0.173. The van der Waals surface area contributed by atoms with E-state index in [1.165, 1.54) is 0 Å². The highest BCUT2D eigenvalue weighted by Crippen LogP contribution is 2.58. The molecule has 28 heavy (non-hydrogen) atoms. The van der Waals surface area contributed by atoms with E-state index in [2.05, 4.69) is 29.6 Å².